The Hall–Kier alpha value is -2.37. The summed E-state index contributed by atoms with van der Waals surface area (Å²) in [5.74, 6) is 1.45. The molecule has 1 N–H and O–H groups in total. The van der Waals surface area contributed by atoms with Crippen molar-refractivity contribution in [2.24, 2.45) is 11.8 Å². The van der Waals surface area contributed by atoms with E-state index in [1.54, 1.807) is 11.0 Å². The summed E-state index contributed by atoms with van der Waals surface area (Å²) < 4.78 is 6.36. The molecule has 27 heavy (non-hydrogen) atoms. The fourth-order valence-electron chi connectivity index (χ4n) is 4.88. The highest BCUT2D eigenvalue weighted by Gasteiger charge is 2.43. The van der Waals surface area contributed by atoms with E-state index in [-0.39, 0.29) is 30.2 Å². The molecule has 2 aliphatic carbocycles. The molecule has 3 amide bonds. The van der Waals surface area contributed by atoms with Crippen LogP contribution in [-0.4, -0.2) is 34.8 Å². The monoisotopic (exact) mass is 368 g/mol. The van der Waals surface area contributed by atoms with Gasteiger partial charge in [0, 0.05) is 17.5 Å². The molecular formula is C21H24N2O4. The number of hydrogen-bond donors (Lipinski definition) is 1. The first-order valence-corrected chi connectivity index (χ1v) is 10.0. The number of carbonyl (C=O) groups excluding carboxylic acids is 3. The number of carbonyl (C=O) groups is 3. The van der Waals surface area contributed by atoms with Crippen molar-refractivity contribution in [2.75, 3.05) is 0 Å². The highest BCUT2D eigenvalue weighted by atomic mass is 16.5. The number of rotatable bonds is 4. The lowest BCUT2D eigenvalue weighted by molar-refractivity contribution is -0.136. The van der Waals surface area contributed by atoms with Crippen LogP contribution in [0.5, 0.6) is 5.75 Å². The van der Waals surface area contributed by atoms with Gasteiger partial charge < -0.3 is 9.64 Å². The molecule has 0 bridgehead atoms. The Morgan fingerprint density at radius 3 is 2.56 bits per heavy atom. The van der Waals surface area contributed by atoms with E-state index in [9.17, 15) is 14.4 Å². The van der Waals surface area contributed by atoms with E-state index >= 15 is 0 Å². The van der Waals surface area contributed by atoms with Crippen LogP contribution in [0.4, 0.5) is 0 Å². The Morgan fingerprint density at radius 2 is 1.89 bits per heavy atom. The second-order valence-corrected chi connectivity index (χ2v) is 8.27. The lowest BCUT2D eigenvalue weighted by Gasteiger charge is -2.45. The van der Waals surface area contributed by atoms with Crippen molar-refractivity contribution in [1.82, 2.24) is 10.2 Å². The predicted molar refractivity (Wildman–Crippen MR) is 97.0 cm³/mol. The van der Waals surface area contributed by atoms with Gasteiger partial charge in [0.25, 0.3) is 5.91 Å². The molecule has 6 heteroatoms. The fourth-order valence-corrected chi connectivity index (χ4v) is 4.88. The van der Waals surface area contributed by atoms with Crippen molar-refractivity contribution in [3.63, 3.8) is 0 Å². The van der Waals surface area contributed by atoms with E-state index in [4.69, 9.17) is 4.74 Å². The Labute approximate surface area is 158 Å². The number of amides is 3. The largest absolute Gasteiger partial charge is 0.490 e. The first-order valence-electron chi connectivity index (χ1n) is 10.0. The Morgan fingerprint density at radius 1 is 1.04 bits per heavy atom. The molecule has 0 aromatic heterocycles. The molecule has 4 aliphatic rings. The number of nitrogens with zero attached hydrogens (tertiary/aromatic N) is 1. The molecule has 1 saturated heterocycles. The van der Waals surface area contributed by atoms with Crippen LogP contribution in [0.2, 0.25) is 0 Å². The van der Waals surface area contributed by atoms with Gasteiger partial charge in [-0.05, 0) is 43.2 Å². The number of hydrogen-bond acceptors (Lipinski definition) is 4. The second-order valence-electron chi connectivity index (χ2n) is 8.27. The van der Waals surface area contributed by atoms with Crippen LogP contribution in [0, 0.1) is 11.8 Å². The first kappa shape index (κ1) is 16.8. The fraction of sp³-hybridized carbons (Fsp3) is 0.571. The van der Waals surface area contributed by atoms with Crippen molar-refractivity contribution in [3.8, 4) is 5.75 Å². The Bertz CT molecular complexity index is 816. The number of fused-ring (bicyclic) bond motifs is 1. The van der Waals surface area contributed by atoms with Gasteiger partial charge in [-0.3, -0.25) is 19.7 Å². The Kier molecular flexibility index (Phi) is 3.95. The predicted octanol–water partition coefficient (Wildman–Crippen LogP) is 2.41. The number of imide groups is 1. The van der Waals surface area contributed by atoms with Crippen molar-refractivity contribution >= 4 is 17.7 Å². The second kappa shape index (κ2) is 6.36. The quantitative estimate of drug-likeness (QED) is 0.828. The van der Waals surface area contributed by atoms with E-state index in [1.807, 2.05) is 12.1 Å². The van der Waals surface area contributed by atoms with Crippen LogP contribution in [-0.2, 0) is 16.1 Å². The van der Waals surface area contributed by atoms with Crippen molar-refractivity contribution in [2.45, 2.75) is 63.6 Å². The number of benzene rings is 1. The van der Waals surface area contributed by atoms with Crippen molar-refractivity contribution in [1.29, 1.82) is 0 Å². The first-order chi connectivity index (χ1) is 13.1. The normalized spacial score (nSPS) is 30.4. The van der Waals surface area contributed by atoms with Crippen molar-refractivity contribution < 1.29 is 19.1 Å². The summed E-state index contributed by atoms with van der Waals surface area (Å²) in [6, 6.07) is 5.02. The third-order valence-electron chi connectivity index (χ3n) is 6.83. The van der Waals surface area contributed by atoms with Gasteiger partial charge in [-0.25, -0.2) is 0 Å². The molecule has 0 spiro atoms. The van der Waals surface area contributed by atoms with Crippen molar-refractivity contribution in [3.05, 3.63) is 29.3 Å². The topological polar surface area (TPSA) is 75.7 Å². The van der Waals surface area contributed by atoms with E-state index in [2.05, 4.69) is 5.32 Å². The molecule has 6 nitrogen and oxygen atoms in total. The zero-order chi connectivity index (χ0) is 18.5. The summed E-state index contributed by atoms with van der Waals surface area (Å²) in [6.45, 7) is 0.372. The molecule has 2 saturated carbocycles. The minimum atomic E-state index is -0.582. The summed E-state index contributed by atoms with van der Waals surface area (Å²) in [5.41, 5.74) is 1.50. The summed E-state index contributed by atoms with van der Waals surface area (Å²) in [5, 5.41) is 2.35. The van der Waals surface area contributed by atoms with E-state index in [0.29, 0.717) is 24.4 Å². The summed E-state index contributed by atoms with van der Waals surface area (Å²) in [4.78, 5) is 38.1. The average Bonchev–Trinajstić information content (AvgIpc) is 2.92. The zero-order valence-corrected chi connectivity index (χ0v) is 15.3. The summed E-state index contributed by atoms with van der Waals surface area (Å²) in [7, 11) is 0. The van der Waals surface area contributed by atoms with Crippen LogP contribution < -0.4 is 10.1 Å². The van der Waals surface area contributed by atoms with Gasteiger partial charge >= 0.3 is 0 Å². The molecule has 2 heterocycles. The third-order valence-corrected chi connectivity index (χ3v) is 6.83. The lowest BCUT2D eigenvalue weighted by Crippen LogP contribution is -2.52. The standard InChI is InChI=1S/C21H24N2O4/c24-19-10-8-16(20(25)22-19)23-11-15-14(21(23)26)5-2-6-17(15)27-18-9-7-13(18)12-3-1-4-12/h2,5-6,12-13,16,18H,1,3-4,7-11H2,(H,22,24,25). The molecule has 3 atom stereocenters. The van der Waals surface area contributed by atoms with Crippen LogP contribution >= 0.6 is 0 Å². The zero-order valence-electron chi connectivity index (χ0n) is 15.3. The molecule has 2 aliphatic heterocycles. The highest BCUT2D eigenvalue weighted by Crippen LogP contribution is 2.46. The van der Waals surface area contributed by atoms with Gasteiger partial charge in [-0.2, -0.15) is 0 Å². The minimum Gasteiger partial charge on any atom is -0.490 e. The van der Waals surface area contributed by atoms with E-state index < -0.39 is 6.04 Å². The van der Waals surface area contributed by atoms with Gasteiger partial charge in [0.1, 0.15) is 17.9 Å². The summed E-state index contributed by atoms with van der Waals surface area (Å²) in [6.07, 6.45) is 7.20. The third kappa shape index (κ3) is 2.73. The average molecular weight is 368 g/mol. The van der Waals surface area contributed by atoms with E-state index in [1.165, 1.54) is 25.7 Å². The SMILES string of the molecule is O=C1CCC(N2Cc3c(OC4CCC4C4CCC4)cccc3C2=O)C(=O)N1. The lowest BCUT2D eigenvalue weighted by atomic mass is 9.65. The van der Waals surface area contributed by atoms with Crippen LogP contribution in [0.3, 0.4) is 0 Å². The molecule has 3 unspecified atom stereocenters. The molecular weight excluding hydrogens is 344 g/mol. The van der Waals surface area contributed by atoms with Gasteiger partial charge in [0.05, 0.1) is 6.54 Å². The van der Waals surface area contributed by atoms with E-state index in [0.717, 1.165) is 23.7 Å². The molecule has 1 aromatic rings. The van der Waals surface area contributed by atoms with Gasteiger partial charge in [0.15, 0.2) is 0 Å². The number of piperidine rings is 1. The smallest absolute Gasteiger partial charge is 0.255 e. The van der Waals surface area contributed by atoms with Crippen LogP contribution in [0.1, 0.15) is 60.9 Å². The highest BCUT2D eigenvalue weighted by molar-refractivity contribution is 6.05. The molecule has 142 valence electrons. The Balaban J connectivity index is 1.35. The molecule has 0 radical (unpaired) electrons. The maximum Gasteiger partial charge on any atom is 0.255 e. The minimum absolute atomic E-state index is 0.144. The molecule has 5 rings (SSSR count). The van der Waals surface area contributed by atoms with Crippen LogP contribution in [0.25, 0.3) is 0 Å². The maximum absolute atomic E-state index is 12.9. The van der Waals surface area contributed by atoms with Gasteiger partial charge in [-0.1, -0.05) is 25.3 Å². The summed E-state index contributed by atoms with van der Waals surface area (Å²) >= 11 is 0. The number of nitrogens with one attached hydrogen (secondary N) is 1. The van der Waals surface area contributed by atoms with Gasteiger partial charge in [-0.15, -0.1) is 0 Å². The maximum atomic E-state index is 12.9. The van der Waals surface area contributed by atoms with Gasteiger partial charge in [0.2, 0.25) is 11.8 Å². The number of ether oxygens (including phenoxy) is 1. The molecule has 3 fully saturated rings. The van der Waals surface area contributed by atoms with Crippen LogP contribution in [0.15, 0.2) is 18.2 Å². The molecule has 1 aromatic carbocycles.